The highest BCUT2D eigenvalue weighted by molar-refractivity contribution is 7.80. The largest absolute Gasteiger partial charge is 0.480 e. The Morgan fingerprint density at radius 1 is 0.846 bits per heavy atom. The Balaban J connectivity index is 4.91. The molecule has 0 aliphatic carbocycles. The van der Waals surface area contributed by atoms with Gasteiger partial charge < -0.3 is 31.9 Å². The lowest BCUT2D eigenvalue weighted by Crippen LogP contribution is -2.59. The maximum absolute atomic E-state index is 12.2. The molecule has 0 aromatic heterocycles. The Hall–Kier alpha value is -1.15. The molecule has 0 fully saturated rings. The summed E-state index contributed by atoms with van der Waals surface area (Å²) in [6, 6.07) is -4.72. The maximum Gasteiger partial charge on any atom is 0.327 e. The number of carboxylic acid groups (broad SMARTS) is 1. The summed E-state index contributed by atoms with van der Waals surface area (Å²) in [6.07, 6.45) is -1.12. The first-order valence-corrected chi connectivity index (χ1v) is 9.38. The molecule has 5 unspecified atom stereocenters. The zero-order valence-electron chi connectivity index (χ0n) is 14.0. The van der Waals surface area contributed by atoms with Crippen molar-refractivity contribution in [2.75, 3.05) is 17.3 Å². The Kier molecular flexibility index (Phi) is 11.7. The summed E-state index contributed by atoms with van der Waals surface area (Å²) in [4.78, 5) is 47.1. The standard InChI is InChI=1S/C13H24N4O6S3/c1-5(18)9(14)12(21)16-7(3-25)10(19)15-6(2-24)11(20)17-8(4-26)13(22)23/h5-9,18,24-26H,2-4,14H2,1H3,(H,15,19)(H,16,21)(H,17,20)(H,22,23). The van der Waals surface area contributed by atoms with Crippen molar-refractivity contribution in [1.29, 1.82) is 0 Å². The summed E-state index contributed by atoms with van der Waals surface area (Å²) < 4.78 is 0. The fourth-order valence-electron chi connectivity index (χ4n) is 1.61. The van der Waals surface area contributed by atoms with E-state index in [9.17, 15) is 24.3 Å². The molecule has 0 aliphatic rings. The highest BCUT2D eigenvalue weighted by Gasteiger charge is 2.29. The number of nitrogens with one attached hydrogen (secondary N) is 3. The van der Waals surface area contributed by atoms with Gasteiger partial charge in [-0.2, -0.15) is 37.9 Å². The molecular formula is C13H24N4O6S3. The highest BCUT2D eigenvalue weighted by Crippen LogP contribution is 1.98. The first-order valence-electron chi connectivity index (χ1n) is 7.49. The number of carbonyl (C=O) groups is 4. The molecule has 0 saturated carbocycles. The Bertz CT molecular complexity index is 522. The monoisotopic (exact) mass is 428 g/mol. The van der Waals surface area contributed by atoms with Gasteiger partial charge in [-0.1, -0.05) is 0 Å². The zero-order valence-corrected chi connectivity index (χ0v) is 16.6. The van der Waals surface area contributed by atoms with Gasteiger partial charge in [-0.05, 0) is 6.92 Å². The summed E-state index contributed by atoms with van der Waals surface area (Å²) in [7, 11) is 0. The number of aliphatic hydroxyl groups excluding tert-OH is 1. The first-order chi connectivity index (χ1) is 12.1. The van der Waals surface area contributed by atoms with E-state index in [1.54, 1.807) is 0 Å². The highest BCUT2D eigenvalue weighted by atomic mass is 32.1. The predicted molar refractivity (Wildman–Crippen MR) is 105 cm³/mol. The SMILES string of the molecule is CC(O)C(N)C(=O)NC(CS)C(=O)NC(CS)C(=O)NC(CS)C(=O)O. The van der Waals surface area contributed by atoms with Crippen molar-refractivity contribution in [2.45, 2.75) is 37.2 Å². The molecule has 0 aliphatic heterocycles. The summed E-state index contributed by atoms with van der Waals surface area (Å²) in [6.45, 7) is 1.32. The lowest BCUT2D eigenvalue weighted by molar-refractivity contribution is -0.141. The van der Waals surface area contributed by atoms with E-state index < -0.39 is 54.0 Å². The van der Waals surface area contributed by atoms with E-state index in [0.717, 1.165) is 0 Å². The lowest BCUT2D eigenvalue weighted by Gasteiger charge is -2.23. The van der Waals surface area contributed by atoms with Gasteiger partial charge in [0.05, 0.1) is 6.10 Å². The van der Waals surface area contributed by atoms with Gasteiger partial charge in [0.1, 0.15) is 24.2 Å². The topological polar surface area (TPSA) is 171 Å². The third kappa shape index (κ3) is 8.03. The Morgan fingerprint density at radius 2 is 1.19 bits per heavy atom. The average molecular weight is 429 g/mol. The van der Waals surface area contributed by atoms with E-state index >= 15 is 0 Å². The smallest absolute Gasteiger partial charge is 0.327 e. The molecule has 3 amide bonds. The first kappa shape index (κ1) is 24.8. The van der Waals surface area contributed by atoms with Gasteiger partial charge in [-0.25, -0.2) is 4.79 Å². The van der Waals surface area contributed by atoms with Gasteiger partial charge in [0.25, 0.3) is 0 Å². The van der Waals surface area contributed by atoms with Crippen LogP contribution in [0.5, 0.6) is 0 Å². The van der Waals surface area contributed by atoms with E-state index in [-0.39, 0.29) is 17.3 Å². The minimum absolute atomic E-state index is 0.0978. The van der Waals surface area contributed by atoms with Crippen LogP contribution in [-0.4, -0.2) is 81.4 Å². The molecular weight excluding hydrogens is 404 g/mol. The molecule has 7 N–H and O–H groups in total. The minimum Gasteiger partial charge on any atom is -0.480 e. The van der Waals surface area contributed by atoms with Crippen LogP contribution in [0, 0.1) is 0 Å². The molecule has 10 nitrogen and oxygen atoms in total. The van der Waals surface area contributed by atoms with Crippen molar-refractivity contribution in [1.82, 2.24) is 16.0 Å². The molecule has 0 saturated heterocycles. The van der Waals surface area contributed by atoms with Crippen LogP contribution in [0.1, 0.15) is 6.92 Å². The predicted octanol–water partition coefficient (Wildman–Crippen LogP) is -2.98. The van der Waals surface area contributed by atoms with Crippen LogP contribution in [0.25, 0.3) is 0 Å². The van der Waals surface area contributed by atoms with Gasteiger partial charge >= 0.3 is 5.97 Å². The molecule has 0 aromatic rings. The summed E-state index contributed by atoms with van der Waals surface area (Å²) in [5.41, 5.74) is 5.48. The number of aliphatic carboxylic acids is 1. The second-order valence-corrected chi connectivity index (χ2v) is 6.43. The van der Waals surface area contributed by atoms with E-state index in [1.807, 2.05) is 0 Å². The number of thiol groups is 3. The fraction of sp³-hybridized carbons (Fsp3) is 0.692. The van der Waals surface area contributed by atoms with Crippen LogP contribution in [0.3, 0.4) is 0 Å². The quantitative estimate of drug-likeness (QED) is 0.158. The third-order valence-electron chi connectivity index (χ3n) is 3.25. The number of hydrogen-bond donors (Lipinski definition) is 9. The number of carbonyl (C=O) groups excluding carboxylic acids is 3. The Labute approximate surface area is 167 Å². The van der Waals surface area contributed by atoms with Crippen molar-refractivity contribution in [2.24, 2.45) is 5.73 Å². The van der Waals surface area contributed by atoms with Gasteiger partial charge in [-0.15, -0.1) is 0 Å². The normalized spacial score (nSPS) is 16.5. The Morgan fingerprint density at radius 3 is 1.50 bits per heavy atom. The molecule has 0 bridgehead atoms. The van der Waals surface area contributed by atoms with E-state index in [0.29, 0.717) is 0 Å². The zero-order chi connectivity index (χ0) is 20.4. The molecule has 13 heteroatoms. The molecule has 0 radical (unpaired) electrons. The minimum atomic E-state index is -1.27. The van der Waals surface area contributed by atoms with Crippen molar-refractivity contribution in [3.8, 4) is 0 Å². The van der Waals surface area contributed by atoms with Gasteiger partial charge in [0, 0.05) is 17.3 Å². The molecule has 0 rings (SSSR count). The number of aliphatic hydroxyl groups is 1. The lowest BCUT2D eigenvalue weighted by atomic mass is 10.1. The van der Waals surface area contributed by atoms with Crippen molar-refractivity contribution in [3.05, 3.63) is 0 Å². The molecule has 0 heterocycles. The molecule has 0 aromatic carbocycles. The summed E-state index contributed by atoms with van der Waals surface area (Å²) >= 11 is 11.7. The summed E-state index contributed by atoms with van der Waals surface area (Å²) in [5.74, 6) is -3.89. The number of hydrogen-bond acceptors (Lipinski definition) is 9. The van der Waals surface area contributed by atoms with Gasteiger partial charge in [0.2, 0.25) is 17.7 Å². The van der Waals surface area contributed by atoms with Crippen LogP contribution in [0.4, 0.5) is 0 Å². The van der Waals surface area contributed by atoms with Crippen LogP contribution < -0.4 is 21.7 Å². The van der Waals surface area contributed by atoms with E-state index in [2.05, 4.69) is 53.8 Å². The van der Waals surface area contributed by atoms with Crippen LogP contribution in [0.15, 0.2) is 0 Å². The van der Waals surface area contributed by atoms with Crippen LogP contribution >= 0.6 is 37.9 Å². The fourth-order valence-corrected chi connectivity index (χ4v) is 2.37. The second kappa shape index (κ2) is 12.3. The molecule has 26 heavy (non-hydrogen) atoms. The average Bonchev–Trinajstić information content (AvgIpc) is 2.59. The number of amides is 3. The summed E-state index contributed by atoms with van der Waals surface area (Å²) in [5, 5.41) is 25.1. The molecule has 5 atom stereocenters. The van der Waals surface area contributed by atoms with Gasteiger partial charge in [0.15, 0.2) is 0 Å². The van der Waals surface area contributed by atoms with Crippen LogP contribution in [-0.2, 0) is 19.2 Å². The number of nitrogens with two attached hydrogens (primary N) is 1. The van der Waals surface area contributed by atoms with Gasteiger partial charge in [-0.3, -0.25) is 14.4 Å². The second-order valence-electron chi connectivity index (χ2n) is 5.34. The maximum atomic E-state index is 12.2. The molecule has 150 valence electrons. The van der Waals surface area contributed by atoms with E-state index in [1.165, 1.54) is 6.92 Å². The number of carboxylic acids is 1. The van der Waals surface area contributed by atoms with Crippen molar-refractivity contribution >= 4 is 61.6 Å². The molecule has 0 spiro atoms. The van der Waals surface area contributed by atoms with Crippen molar-refractivity contribution in [3.63, 3.8) is 0 Å². The van der Waals surface area contributed by atoms with Crippen molar-refractivity contribution < 1.29 is 29.4 Å². The van der Waals surface area contributed by atoms with Crippen LogP contribution in [0.2, 0.25) is 0 Å². The third-order valence-corrected chi connectivity index (χ3v) is 4.35. The number of rotatable bonds is 11. The van der Waals surface area contributed by atoms with E-state index in [4.69, 9.17) is 10.8 Å².